The lowest BCUT2D eigenvalue weighted by Crippen LogP contribution is -2.25. The Kier molecular flexibility index (Phi) is 6.33. The summed E-state index contributed by atoms with van der Waals surface area (Å²) in [5.74, 6) is 0.720. The number of hydrogen-bond donors (Lipinski definition) is 1. The molecule has 5 rings (SSSR count). The van der Waals surface area contributed by atoms with E-state index in [0.29, 0.717) is 11.4 Å². The number of benzene rings is 2. The zero-order valence-electron chi connectivity index (χ0n) is 19.3. The SMILES string of the molecule is Cn1nc(-c2ccccc2)cc1C(=O)Nc1cccc(-c2ccc(N3CCCCCC3)nn2)c1. The first kappa shape index (κ1) is 21.8. The number of carbonyl (C=O) groups excluding carboxylic acids is 1. The summed E-state index contributed by atoms with van der Waals surface area (Å²) in [7, 11) is 1.78. The van der Waals surface area contributed by atoms with E-state index in [2.05, 4.69) is 25.5 Å². The van der Waals surface area contributed by atoms with E-state index in [-0.39, 0.29) is 5.91 Å². The molecule has 3 heterocycles. The summed E-state index contributed by atoms with van der Waals surface area (Å²) in [6.07, 6.45) is 4.98. The van der Waals surface area contributed by atoms with Crippen LogP contribution in [0.4, 0.5) is 11.5 Å². The predicted molar refractivity (Wildman–Crippen MR) is 135 cm³/mol. The standard InChI is InChI=1S/C27H28N6O/c1-32-25(19-24(31-32)20-10-5-4-6-11-20)27(34)28-22-13-9-12-21(18-22)23-14-15-26(30-29-23)33-16-7-2-3-8-17-33/h4-6,9-15,18-19H,2-3,7-8,16-17H2,1H3,(H,28,34). The summed E-state index contributed by atoms with van der Waals surface area (Å²) < 4.78 is 1.61. The van der Waals surface area contributed by atoms with Gasteiger partial charge in [0.15, 0.2) is 5.82 Å². The second-order valence-corrected chi connectivity index (χ2v) is 8.62. The maximum Gasteiger partial charge on any atom is 0.273 e. The molecular formula is C27H28N6O. The molecule has 0 aliphatic carbocycles. The van der Waals surface area contributed by atoms with Crippen LogP contribution in [0.25, 0.3) is 22.5 Å². The van der Waals surface area contributed by atoms with Gasteiger partial charge < -0.3 is 10.2 Å². The molecular weight excluding hydrogens is 424 g/mol. The summed E-state index contributed by atoms with van der Waals surface area (Å²) in [6.45, 7) is 2.07. The van der Waals surface area contributed by atoms with Crippen molar-refractivity contribution in [3.05, 3.63) is 78.5 Å². The largest absolute Gasteiger partial charge is 0.355 e. The van der Waals surface area contributed by atoms with E-state index in [4.69, 9.17) is 0 Å². The molecule has 1 saturated heterocycles. The summed E-state index contributed by atoms with van der Waals surface area (Å²) in [5, 5.41) is 16.4. The first-order valence-electron chi connectivity index (χ1n) is 11.8. The van der Waals surface area contributed by atoms with E-state index < -0.39 is 0 Å². The number of amides is 1. The number of nitrogens with zero attached hydrogens (tertiary/aromatic N) is 5. The average molecular weight is 453 g/mol. The van der Waals surface area contributed by atoms with Crippen LogP contribution in [0.1, 0.15) is 36.2 Å². The highest BCUT2D eigenvalue weighted by atomic mass is 16.2. The number of aromatic nitrogens is 4. The van der Waals surface area contributed by atoms with Gasteiger partial charge in [0.25, 0.3) is 5.91 Å². The summed E-state index contributed by atoms with van der Waals surface area (Å²) in [5.41, 5.74) is 4.61. The molecule has 172 valence electrons. The molecule has 2 aromatic carbocycles. The average Bonchev–Trinajstić information content (AvgIpc) is 3.08. The van der Waals surface area contributed by atoms with Gasteiger partial charge in [0.2, 0.25) is 0 Å². The zero-order valence-corrected chi connectivity index (χ0v) is 19.3. The van der Waals surface area contributed by atoms with Crippen molar-refractivity contribution in [1.82, 2.24) is 20.0 Å². The van der Waals surface area contributed by atoms with Crippen LogP contribution in [0.5, 0.6) is 0 Å². The highest BCUT2D eigenvalue weighted by Crippen LogP contribution is 2.24. The number of rotatable bonds is 5. The minimum absolute atomic E-state index is 0.211. The van der Waals surface area contributed by atoms with Crippen molar-refractivity contribution < 1.29 is 4.79 Å². The maximum atomic E-state index is 13.0. The molecule has 0 bridgehead atoms. The number of hydrogen-bond acceptors (Lipinski definition) is 5. The molecule has 0 saturated carbocycles. The Balaban J connectivity index is 1.31. The minimum Gasteiger partial charge on any atom is -0.355 e. The lowest BCUT2D eigenvalue weighted by atomic mass is 10.1. The molecule has 0 spiro atoms. The molecule has 1 amide bonds. The second kappa shape index (κ2) is 9.87. The molecule has 0 atom stereocenters. The van der Waals surface area contributed by atoms with Crippen LogP contribution < -0.4 is 10.2 Å². The molecule has 4 aromatic rings. The fourth-order valence-electron chi connectivity index (χ4n) is 4.33. The van der Waals surface area contributed by atoms with Crippen LogP contribution in [0.15, 0.2) is 72.8 Å². The summed E-state index contributed by atoms with van der Waals surface area (Å²) in [4.78, 5) is 15.3. The van der Waals surface area contributed by atoms with Gasteiger partial charge in [-0.15, -0.1) is 10.2 Å². The van der Waals surface area contributed by atoms with Gasteiger partial charge in [0.05, 0.1) is 11.4 Å². The Morgan fingerprint density at radius 1 is 0.794 bits per heavy atom. The van der Waals surface area contributed by atoms with Gasteiger partial charge in [0, 0.05) is 37.0 Å². The third-order valence-electron chi connectivity index (χ3n) is 6.18. The first-order valence-corrected chi connectivity index (χ1v) is 11.8. The lowest BCUT2D eigenvalue weighted by molar-refractivity contribution is 0.101. The van der Waals surface area contributed by atoms with Crippen molar-refractivity contribution >= 4 is 17.4 Å². The van der Waals surface area contributed by atoms with E-state index in [1.807, 2.05) is 72.8 Å². The van der Waals surface area contributed by atoms with Gasteiger partial charge >= 0.3 is 0 Å². The smallest absolute Gasteiger partial charge is 0.273 e. The molecule has 1 fully saturated rings. The lowest BCUT2D eigenvalue weighted by Gasteiger charge is -2.20. The van der Waals surface area contributed by atoms with E-state index in [0.717, 1.165) is 41.4 Å². The van der Waals surface area contributed by atoms with Crippen LogP contribution in [-0.2, 0) is 7.05 Å². The Hall–Kier alpha value is -4.00. The van der Waals surface area contributed by atoms with Gasteiger partial charge in [0.1, 0.15) is 5.69 Å². The predicted octanol–water partition coefficient (Wildman–Crippen LogP) is 5.18. The van der Waals surface area contributed by atoms with E-state index in [1.54, 1.807) is 11.7 Å². The van der Waals surface area contributed by atoms with E-state index in [9.17, 15) is 4.79 Å². The number of carbonyl (C=O) groups is 1. The van der Waals surface area contributed by atoms with Crippen molar-refractivity contribution in [3.8, 4) is 22.5 Å². The molecule has 0 unspecified atom stereocenters. The molecule has 7 heteroatoms. The second-order valence-electron chi connectivity index (χ2n) is 8.62. The molecule has 2 aromatic heterocycles. The van der Waals surface area contributed by atoms with Gasteiger partial charge in [-0.3, -0.25) is 9.48 Å². The van der Waals surface area contributed by atoms with E-state index in [1.165, 1.54) is 25.7 Å². The molecule has 7 nitrogen and oxygen atoms in total. The number of aryl methyl sites for hydroxylation is 1. The molecule has 34 heavy (non-hydrogen) atoms. The van der Waals surface area contributed by atoms with Crippen LogP contribution >= 0.6 is 0 Å². The Morgan fingerprint density at radius 3 is 2.29 bits per heavy atom. The summed E-state index contributed by atoms with van der Waals surface area (Å²) >= 11 is 0. The van der Waals surface area contributed by atoms with Crippen molar-refractivity contribution in [2.24, 2.45) is 7.05 Å². The molecule has 0 radical (unpaired) electrons. The minimum atomic E-state index is -0.211. The van der Waals surface area contributed by atoms with Crippen molar-refractivity contribution in [1.29, 1.82) is 0 Å². The van der Waals surface area contributed by atoms with Crippen LogP contribution in [0.2, 0.25) is 0 Å². The van der Waals surface area contributed by atoms with E-state index >= 15 is 0 Å². The Bertz CT molecular complexity index is 1260. The molecule has 1 N–H and O–H groups in total. The summed E-state index contributed by atoms with van der Waals surface area (Å²) in [6, 6.07) is 23.4. The van der Waals surface area contributed by atoms with Crippen molar-refractivity contribution in [2.45, 2.75) is 25.7 Å². The topological polar surface area (TPSA) is 75.9 Å². The zero-order chi connectivity index (χ0) is 23.3. The van der Waals surface area contributed by atoms with Gasteiger partial charge in [-0.2, -0.15) is 5.10 Å². The van der Waals surface area contributed by atoms with Gasteiger partial charge in [-0.05, 0) is 43.2 Å². The van der Waals surface area contributed by atoms with Gasteiger partial charge in [-0.1, -0.05) is 55.3 Å². The van der Waals surface area contributed by atoms with Crippen LogP contribution in [0, 0.1) is 0 Å². The van der Waals surface area contributed by atoms with Crippen LogP contribution in [0.3, 0.4) is 0 Å². The Labute approximate surface area is 199 Å². The number of anilines is 2. The third kappa shape index (κ3) is 4.83. The van der Waals surface area contributed by atoms with Crippen LogP contribution in [-0.4, -0.2) is 39.0 Å². The van der Waals surface area contributed by atoms with Crippen molar-refractivity contribution in [3.63, 3.8) is 0 Å². The highest BCUT2D eigenvalue weighted by molar-refractivity contribution is 6.04. The molecule has 1 aliphatic heterocycles. The number of nitrogens with one attached hydrogen (secondary N) is 1. The third-order valence-corrected chi connectivity index (χ3v) is 6.18. The molecule has 1 aliphatic rings. The van der Waals surface area contributed by atoms with Crippen molar-refractivity contribution in [2.75, 3.05) is 23.3 Å². The maximum absolute atomic E-state index is 13.0. The fraction of sp³-hybridized carbons (Fsp3) is 0.259. The highest BCUT2D eigenvalue weighted by Gasteiger charge is 2.15. The first-order chi connectivity index (χ1) is 16.7. The van der Waals surface area contributed by atoms with Gasteiger partial charge in [-0.25, -0.2) is 0 Å². The Morgan fingerprint density at radius 2 is 1.56 bits per heavy atom. The monoisotopic (exact) mass is 452 g/mol. The quantitative estimate of drug-likeness (QED) is 0.452. The fourth-order valence-corrected chi connectivity index (χ4v) is 4.33. The normalized spacial score (nSPS) is 14.0.